The second-order valence-electron chi connectivity index (χ2n) is 11.0. The molecule has 10 atom stereocenters. The molecular weight excluding hydrogens is 536 g/mol. The molecule has 0 amide bonds. The van der Waals surface area contributed by atoms with Crippen molar-refractivity contribution in [3.8, 4) is 11.5 Å². The predicted molar refractivity (Wildman–Crippen MR) is 143 cm³/mol. The Morgan fingerprint density at radius 3 is 2.56 bits per heavy atom. The topological polar surface area (TPSA) is 172 Å². The summed E-state index contributed by atoms with van der Waals surface area (Å²) in [5.74, 6) is -2.56. The Morgan fingerprint density at radius 1 is 1.10 bits per heavy atom. The molecule has 5 rings (SSSR count). The highest BCUT2D eigenvalue weighted by molar-refractivity contribution is 5.91. The molecule has 0 aromatic heterocycles. The van der Waals surface area contributed by atoms with E-state index in [2.05, 4.69) is 19.7 Å². The van der Waals surface area contributed by atoms with Crippen LogP contribution in [0.2, 0.25) is 0 Å². The minimum atomic E-state index is -1.65. The summed E-state index contributed by atoms with van der Waals surface area (Å²) >= 11 is 0. The summed E-state index contributed by atoms with van der Waals surface area (Å²) in [6.07, 6.45) is -4.22. The predicted octanol–water partition coefficient (Wildman–Crippen LogP) is 1.49. The van der Waals surface area contributed by atoms with Crippen LogP contribution in [0, 0.1) is 17.8 Å². The molecule has 220 valence electrons. The van der Waals surface area contributed by atoms with Crippen molar-refractivity contribution in [2.75, 3.05) is 6.61 Å². The largest absolute Gasteiger partial charge is 0.504 e. The highest BCUT2D eigenvalue weighted by Crippen LogP contribution is 2.53. The molecule has 0 radical (unpaired) electrons. The number of allylic oxidation sites excluding steroid dienone is 1. The van der Waals surface area contributed by atoms with Crippen molar-refractivity contribution >= 4 is 18.0 Å². The van der Waals surface area contributed by atoms with Gasteiger partial charge < -0.3 is 44.5 Å². The van der Waals surface area contributed by atoms with E-state index < -0.39 is 61.5 Å². The highest BCUT2D eigenvalue weighted by atomic mass is 16.7. The molecule has 1 aromatic rings. The Morgan fingerprint density at radius 2 is 1.85 bits per heavy atom. The molecule has 1 unspecified atom stereocenters. The molecule has 0 bridgehead atoms. The number of rotatable bonds is 6. The van der Waals surface area contributed by atoms with Gasteiger partial charge in [-0.2, -0.15) is 0 Å². The van der Waals surface area contributed by atoms with E-state index in [9.17, 15) is 35.1 Å². The minimum absolute atomic E-state index is 0.0976. The van der Waals surface area contributed by atoms with E-state index in [0.717, 1.165) is 11.6 Å². The molecule has 1 aromatic carbocycles. The van der Waals surface area contributed by atoms with E-state index in [4.69, 9.17) is 18.9 Å². The average molecular weight is 571 g/mol. The van der Waals surface area contributed by atoms with Gasteiger partial charge in [0.2, 0.25) is 0 Å². The van der Waals surface area contributed by atoms with Crippen molar-refractivity contribution in [3.05, 3.63) is 66.3 Å². The molecule has 0 spiro atoms. The lowest BCUT2D eigenvalue weighted by Gasteiger charge is -2.42. The van der Waals surface area contributed by atoms with Crippen molar-refractivity contribution in [2.45, 2.75) is 62.2 Å². The van der Waals surface area contributed by atoms with Gasteiger partial charge in [0.05, 0.1) is 12.7 Å². The number of carbonyl (C=O) groups is 2. The van der Waals surface area contributed by atoms with Gasteiger partial charge in [-0.05, 0) is 54.5 Å². The number of hydrogen-bond donors (Lipinski definition) is 5. The van der Waals surface area contributed by atoms with Crippen LogP contribution in [0.15, 0.2) is 60.7 Å². The van der Waals surface area contributed by atoms with Crippen LogP contribution < -0.4 is 0 Å². The van der Waals surface area contributed by atoms with Gasteiger partial charge in [-0.15, -0.1) is 0 Å². The van der Waals surface area contributed by atoms with Crippen LogP contribution in [0.1, 0.15) is 24.8 Å². The Labute approximate surface area is 236 Å². The Bertz CT molecular complexity index is 1280. The van der Waals surface area contributed by atoms with E-state index in [0.29, 0.717) is 36.0 Å². The van der Waals surface area contributed by atoms with Crippen LogP contribution in [0.25, 0.3) is 6.08 Å². The third-order valence-corrected chi connectivity index (χ3v) is 8.53. The van der Waals surface area contributed by atoms with E-state index in [1.165, 1.54) is 24.3 Å². The standard InChI is InChI=1S/C30H34O11/c1-13-4-7-17-14(2)29(37)41-27(17)24-15(3)21(11-18(13)24)38-30-28(26(36)25(35)22(12-31)39-30)40-23(34)9-6-16-5-8-19(32)20(33)10-16/h5-6,8-10,17-18,21-22,24-28,30-33,35-36H,1-4,7,11-12H2/b9-6+/t17-,18-,21-,22+,24?,25+,26-,27-,28+,30+/m0/s1. The molecule has 2 saturated heterocycles. The molecule has 5 N–H and O–H groups in total. The second kappa shape index (κ2) is 11.4. The quantitative estimate of drug-likeness (QED) is 0.145. The number of carbonyl (C=O) groups excluding carboxylic acids is 2. The number of aliphatic hydroxyl groups excluding tert-OH is 3. The SMILES string of the molecule is C=C1C2[C@H]3OC(=O)C(=C)[C@@H]3CCC(=C)[C@@H]2C[C@@H]1O[C@@H]1O[C@H](CO)[C@@H](O)[C@H](O)[C@H]1OC(=O)/C=C/c1ccc(O)c(O)c1. The number of benzene rings is 1. The monoisotopic (exact) mass is 570 g/mol. The van der Waals surface area contributed by atoms with Gasteiger partial charge in [0.25, 0.3) is 0 Å². The highest BCUT2D eigenvalue weighted by Gasteiger charge is 2.55. The lowest BCUT2D eigenvalue weighted by Crippen LogP contribution is -2.60. The third kappa shape index (κ3) is 5.43. The van der Waals surface area contributed by atoms with E-state index in [1.807, 2.05) is 0 Å². The summed E-state index contributed by atoms with van der Waals surface area (Å²) in [7, 11) is 0. The summed E-state index contributed by atoms with van der Waals surface area (Å²) in [6, 6.07) is 3.95. The van der Waals surface area contributed by atoms with E-state index in [1.54, 1.807) is 0 Å². The zero-order valence-corrected chi connectivity index (χ0v) is 22.3. The number of fused-ring (bicyclic) bond motifs is 3. The van der Waals surface area contributed by atoms with Crippen LogP contribution in [-0.4, -0.2) is 87.0 Å². The normalized spacial score (nSPS) is 37.0. The summed E-state index contributed by atoms with van der Waals surface area (Å²) in [5.41, 5.74) is 2.43. The fourth-order valence-electron chi connectivity index (χ4n) is 6.26. The van der Waals surface area contributed by atoms with E-state index in [-0.39, 0.29) is 29.3 Å². The molecule has 2 aliphatic heterocycles. The summed E-state index contributed by atoms with van der Waals surface area (Å²) in [6.45, 7) is 11.8. The first kappa shape index (κ1) is 29.0. The van der Waals surface area contributed by atoms with Gasteiger partial charge in [-0.3, -0.25) is 0 Å². The van der Waals surface area contributed by atoms with Crippen LogP contribution in [-0.2, 0) is 28.5 Å². The van der Waals surface area contributed by atoms with E-state index >= 15 is 0 Å². The molecule has 4 aliphatic rings. The van der Waals surface area contributed by atoms with Gasteiger partial charge in [-0.1, -0.05) is 31.4 Å². The van der Waals surface area contributed by atoms with Crippen molar-refractivity contribution in [2.24, 2.45) is 17.8 Å². The first-order chi connectivity index (χ1) is 19.5. The molecule has 2 saturated carbocycles. The average Bonchev–Trinajstić information content (AvgIpc) is 3.36. The summed E-state index contributed by atoms with van der Waals surface area (Å²) in [4.78, 5) is 25.0. The van der Waals surface area contributed by atoms with Crippen LogP contribution in [0.5, 0.6) is 11.5 Å². The van der Waals surface area contributed by atoms with Gasteiger partial charge >= 0.3 is 11.9 Å². The molecular formula is C30H34O11. The third-order valence-electron chi connectivity index (χ3n) is 8.53. The first-order valence-electron chi connectivity index (χ1n) is 13.4. The summed E-state index contributed by atoms with van der Waals surface area (Å²) in [5, 5.41) is 50.1. The Hall–Kier alpha value is -3.48. The second-order valence-corrected chi connectivity index (χ2v) is 11.0. The van der Waals surface area contributed by atoms with Crippen molar-refractivity contribution in [1.82, 2.24) is 0 Å². The number of phenolic OH excluding ortho intramolecular Hbond substituents is 2. The maximum atomic E-state index is 12.7. The minimum Gasteiger partial charge on any atom is -0.504 e. The van der Waals surface area contributed by atoms with Crippen molar-refractivity contribution in [3.63, 3.8) is 0 Å². The Balaban J connectivity index is 1.34. The molecule has 11 heteroatoms. The molecule has 41 heavy (non-hydrogen) atoms. The number of aliphatic hydroxyl groups is 3. The smallest absolute Gasteiger partial charge is 0.334 e. The lowest BCUT2D eigenvalue weighted by molar-refractivity contribution is -0.310. The number of esters is 2. The number of hydrogen-bond acceptors (Lipinski definition) is 11. The lowest BCUT2D eigenvalue weighted by atomic mass is 9.82. The molecule has 4 fully saturated rings. The van der Waals surface area contributed by atoms with Crippen LogP contribution in [0.4, 0.5) is 0 Å². The van der Waals surface area contributed by atoms with Crippen LogP contribution >= 0.6 is 0 Å². The Kier molecular flexibility index (Phi) is 8.09. The fourth-order valence-corrected chi connectivity index (χ4v) is 6.26. The van der Waals surface area contributed by atoms with Gasteiger partial charge in [-0.25, -0.2) is 9.59 Å². The molecule has 2 aliphatic carbocycles. The number of aromatic hydroxyl groups is 2. The van der Waals surface area contributed by atoms with Gasteiger partial charge in [0, 0.05) is 23.5 Å². The molecule has 2 heterocycles. The number of phenols is 2. The molecule has 11 nitrogen and oxygen atoms in total. The maximum Gasteiger partial charge on any atom is 0.334 e. The fraction of sp³-hybridized carbons (Fsp3) is 0.467. The zero-order valence-electron chi connectivity index (χ0n) is 22.3. The number of ether oxygens (including phenoxy) is 4. The van der Waals surface area contributed by atoms with Crippen molar-refractivity contribution < 1.29 is 54.1 Å². The van der Waals surface area contributed by atoms with Gasteiger partial charge in [0.1, 0.15) is 24.4 Å². The zero-order chi connectivity index (χ0) is 29.6. The first-order valence-corrected chi connectivity index (χ1v) is 13.4. The maximum absolute atomic E-state index is 12.7. The van der Waals surface area contributed by atoms with Gasteiger partial charge in [0.15, 0.2) is 23.9 Å². The summed E-state index contributed by atoms with van der Waals surface area (Å²) < 4.78 is 23.1. The van der Waals surface area contributed by atoms with Crippen molar-refractivity contribution in [1.29, 1.82) is 0 Å². The van der Waals surface area contributed by atoms with Crippen LogP contribution in [0.3, 0.4) is 0 Å².